The van der Waals surface area contributed by atoms with Crippen molar-refractivity contribution in [3.05, 3.63) is 42.7 Å². The molecule has 1 amide bonds. The lowest BCUT2D eigenvalue weighted by atomic mass is 10.1. The fourth-order valence-corrected chi connectivity index (χ4v) is 4.38. The van der Waals surface area contributed by atoms with Crippen molar-refractivity contribution in [2.75, 3.05) is 18.4 Å². The summed E-state index contributed by atoms with van der Waals surface area (Å²) >= 11 is 0. The van der Waals surface area contributed by atoms with Gasteiger partial charge in [0.15, 0.2) is 0 Å². The highest BCUT2D eigenvalue weighted by Gasteiger charge is 2.30. The third kappa shape index (κ3) is 3.49. The van der Waals surface area contributed by atoms with Crippen LogP contribution in [0.2, 0.25) is 0 Å². The Hall–Kier alpha value is -2.19. The lowest BCUT2D eigenvalue weighted by Gasteiger charge is -2.31. The second-order valence-electron chi connectivity index (χ2n) is 5.83. The largest absolute Gasteiger partial charge is 0.326 e. The minimum Gasteiger partial charge on any atom is -0.326 e. The van der Waals surface area contributed by atoms with Crippen LogP contribution in [0.3, 0.4) is 0 Å². The predicted octanol–water partition coefficient (Wildman–Crippen LogP) is 1.87. The van der Waals surface area contributed by atoms with Gasteiger partial charge in [-0.25, -0.2) is 8.42 Å². The molecule has 3 rings (SSSR count). The Morgan fingerprint density at radius 2 is 1.88 bits per heavy atom. The highest BCUT2D eigenvalue weighted by atomic mass is 32.2. The maximum absolute atomic E-state index is 12.7. The monoisotopic (exact) mass is 348 g/mol. The topological polar surface area (TPSA) is 84.3 Å². The number of nitrogens with zero attached hydrogens (tertiary/aromatic N) is 3. The highest BCUT2D eigenvalue weighted by molar-refractivity contribution is 7.89. The molecule has 0 unspecified atom stereocenters. The zero-order valence-electron chi connectivity index (χ0n) is 13.4. The van der Waals surface area contributed by atoms with Crippen LogP contribution in [-0.4, -0.2) is 41.5 Å². The van der Waals surface area contributed by atoms with Gasteiger partial charge < -0.3 is 5.32 Å². The summed E-state index contributed by atoms with van der Waals surface area (Å²) in [5.74, 6) is -0.189. The number of rotatable bonds is 4. The molecule has 0 aliphatic carbocycles. The second-order valence-corrected chi connectivity index (χ2v) is 7.76. The number of hydrogen-bond donors (Lipinski definition) is 1. The third-order valence-corrected chi connectivity index (χ3v) is 6.05. The first-order valence-electron chi connectivity index (χ1n) is 7.84. The molecule has 1 aliphatic rings. The minimum absolute atomic E-state index is 0.189. The van der Waals surface area contributed by atoms with Crippen molar-refractivity contribution in [1.29, 1.82) is 0 Å². The number of hydrogen-bond acceptors (Lipinski definition) is 4. The van der Waals surface area contributed by atoms with Crippen molar-refractivity contribution < 1.29 is 13.2 Å². The standard InChI is InChI=1S/C16H20N4O3S/c1-13(21)18-14-3-5-16(6-4-14)24(22,23)19-11-7-15(8-12-19)20-10-2-9-17-20/h2-6,9-10,15H,7-8,11-12H2,1H3,(H,18,21). The van der Waals surface area contributed by atoms with Crippen LogP contribution >= 0.6 is 0 Å². The zero-order chi connectivity index (χ0) is 17.2. The smallest absolute Gasteiger partial charge is 0.243 e. The molecule has 0 bridgehead atoms. The maximum Gasteiger partial charge on any atom is 0.243 e. The molecule has 8 heteroatoms. The Bertz CT molecular complexity index is 792. The molecular formula is C16H20N4O3S. The number of amides is 1. The Morgan fingerprint density at radius 1 is 1.21 bits per heavy atom. The molecule has 24 heavy (non-hydrogen) atoms. The van der Waals surface area contributed by atoms with Gasteiger partial charge in [0.2, 0.25) is 15.9 Å². The SMILES string of the molecule is CC(=O)Nc1ccc(S(=O)(=O)N2CCC(n3cccn3)CC2)cc1. The van der Waals surface area contributed by atoms with Crippen LogP contribution in [0.15, 0.2) is 47.6 Å². The number of carbonyl (C=O) groups excluding carboxylic acids is 1. The van der Waals surface area contributed by atoms with Gasteiger partial charge >= 0.3 is 0 Å². The lowest BCUT2D eigenvalue weighted by molar-refractivity contribution is -0.114. The van der Waals surface area contributed by atoms with Crippen LogP contribution in [0.5, 0.6) is 0 Å². The summed E-state index contributed by atoms with van der Waals surface area (Å²) < 4.78 is 28.9. The molecule has 7 nitrogen and oxygen atoms in total. The molecular weight excluding hydrogens is 328 g/mol. The summed E-state index contributed by atoms with van der Waals surface area (Å²) in [4.78, 5) is 11.3. The van der Waals surface area contributed by atoms with Gasteiger partial charge in [-0.15, -0.1) is 0 Å². The van der Waals surface area contributed by atoms with E-state index < -0.39 is 10.0 Å². The Morgan fingerprint density at radius 3 is 2.42 bits per heavy atom. The molecule has 2 heterocycles. The van der Waals surface area contributed by atoms with Crippen molar-refractivity contribution in [3.63, 3.8) is 0 Å². The van der Waals surface area contributed by atoms with E-state index in [0.29, 0.717) is 18.8 Å². The first-order chi connectivity index (χ1) is 11.5. The molecule has 1 aliphatic heterocycles. The van der Waals surface area contributed by atoms with Crippen LogP contribution in [0.1, 0.15) is 25.8 Å². The molecule has 128 valence electrons. The average molecular weight is 348 g/mol. The molecule has 1 aromatic carbocycles. The molecule has 0 saturated carbocycles. The molecule has 1 fully saturated rings. The van der Waals surface area contributed by atoms with Crippen molar-refractivity contribution in [1.82, 2.24) is 14.1 Å². The van der Waals surface area contributed by atoms with E-state index in [1.165, 1.54) is 23.4 Å². The number of benzene rings is 1. The van der Waals surface area contributed by atoms with Crippen molar-refractivity contribution in [2.45, 2.75) is 30.7 Å². The Balaban J connectivity index is 1.69. The van der Waals surface area contributed by atoms with Gasteiger partial charge in [-0.3, -0.25) is 9.48 Å². The summed E-state index contributed by atoms with van der Waals surface area (Å²) in [6.07, 6.45) is 5.13. The molecule has 2 aromatic rings. The van der Waals surface area contributed by atoms with Crippen molar-refractivity contribution >= 4 is 21.6 Å². The number of nitrogens with one attached hydrogen (secondary N) is 1. The highest BCUT2D eigenvalue weighted by Crippen LogP contribution is 2.26. The van der Waals surface area contributed by atoms with Gasteiger partial charge in [0.25, 0.3) is 0 Å². The van der Waals surface area contributed by atoms with E-state index in [1.54, 1.807) is 18.3 Å². The van der Waals surface area contributed by atoms with Crippen LogP contribution in [0.25, 0.3) is 0 Å². The average Bonchev–Trinajstić information content (AvgIpc) is 3.09. The van der Waals surface area contributed by atoms with Gasteiger partial charge in [-0.1, -0.05) is 0 Å². The molecule has 0 atom stereocenters. The van der Waals surface area contributed by atoms with Gasteiger partial charge in [0.1, 0.15) is 0 Å². The van der Waals surface area contributed by atoms with E-state index in [4.69, 9.17) is 0 Å². The number of anilines is 1. The van der Waals surface area contributed by atoms with E-state index in [2.05, 4.69) is 10.4 Å². The van der Waals surface area contributed by atoms with Crippen LogP contribution in [0.4, 0.5) is 5.69 Å². The van der Waals surface area contributed by atoms with Gasteiger partial charge in [-0.2, -0.15) is 9.40 Å². The lowest BCUT2D eigenvalue weighted by Crippen LogP contribution is -2.39. The fourth-order valence-electron chi connectivity index (χ4n) is 2.91. The summed E-state index contributed by atoms with van der Waals surface area (Å²) in [7, 11) is -3.51. The van der Waals surface area contributed by atoms with Crippen LogP contribution in [0, 0.1) is 0 Å². The summed E-state index contributed by atoms with van der Waals surface area (Å²) in [5.41, 5.74) is 0.582. The van der Waals surface area contributed by atoms with Crippen molar-refractivity contribution in [3.8, 4) is 0 Å². The van der Waals surface area contributed by atoms with E-state index in [1.807, 2.05) is 16.9 Å². The van der Waals surface area contributed by atoms with E-state index in [-0.39, 0.29) is 16.8 Å². The number of carbonyl (C=O) groups is 1. The number of sulfonamides is 1. The maximum atomic E-state index is 12.7. The summed E-state index contributed by atoms with van der Waals surface area (Å²) in [6, 6.07) is 8.38. The Kier molecular flexibility index (Phi) is 4.68. The minimum atomic E-state index is -3.51. The zero-order valence-corrected chi connectivity index (χ0v) is 14.2. The normalized spacial score (nSPS) is 16.9. The third-order valence-electron chi connectivity index (χ3n) is 4.13. The van der Waals surface area contributed by atoms with E-state index >= 15 is 0 Å². The second kappa shape index (κ2) is 6.74. The molecule has 1 saturated heterocycles. The number of aromatic nitrogens is 2. The van der Waals surface area contributed by atoms with Gasteiger partial charge in [0.05, 0.1) is 10.9 Å². The molecule has 0 radical (unpaired) electrons. The fraction of sp³-hybridized carbons (Fsp3) is 0.375. The summed E-state index contributed by atoms with van der Waals surface area (Å²) in [6.45, 7) is 2.36. The molecule has 0 spiro atoms. The molecule has 1 aromatic heterocycles. The van der Waals surface area contributed by atoms with E-state index in [9.17, 15) is 13.2 Å². The van der Waals surface area contributed by atoms with Crippen LogP contribution in [-0.2, 0) is 14.8 Å². The summed E-state index contributed by atoms with van der Waals surface area (Å²) in [5, 5.41) is 6.86. The first kappa shape index (κ1) is 16.7. The van der Waals surface area contributed by atoms with Gasteiger partial charge in [0, 0.05) is 38.1 Å². The molecule has 1 N–H and O–H groups in total. The van der Waals surface area contributed by atoms with E-state index in [0.717, 1.165) is 12.8 Å². The van der Waals surface area contributed by atoms with Crippen LogP contribution < -0.4 is 5.32 Å². The first-order valence-corrected chi connectivity index (χ1v) is 9.28. The number of piperidine rings is 1. The van der Waals surface area contributed by atoms with Gasteiger partial charge in [-0.05, 0) is 43.2 Å². The predicted molar refractivity (Wildman–Crippen MR) is 90.0 cm³/mol. The Labute approximate surface area is 141 Å². The quantitative estimate of drug-likeness (QED) is 0.914. The van der Waals surface area contributed by atoms with Crippen molar-refractivity contribution in [2.24, 2.45) is 0 Å².